The summed E-state index contributed by atoms with van der Waals surface area (Å²) in [4.78, 5) is 35.8. The van der Waals surface area contributed by atoms with Gasteiger partial charge in [-0.2, -0.15) is 0 Å². The first-order chi connectivity index (χ1) is 13.6. The Labute approximate surface area is 179 Å². The lowest BCUT2D eigenvalue weighted by molar-refractivity contribution is -0.146. The van der Waals surface area contributed by atoms with Crippen LogP contribution in [0.25, 0.3) is 0 Å². The summed E-state index contributed by atoms with van der Waals surface area (Å²) in [7, 11) is 0. The van der Waals surface area contributed by atoms with E-state index >= 15 is 0 Å². The van der Waals surface area contributed by atoms with Crippen LogP contribution in [0.5, 0.6) is 0 Å². The lowest BCUT2D eigenvalue weighted by Gasteiger charge is -2.19. The molecule has 29 heavy (non-hydrogen) atoms. The fourth-order valence-electron chi connectivity index (χ4n) is 2.36. The Balaban J connectivity index is 1.78. The maximum Gasteiger partial charge on any atom is 0.325 e. The first-order valence-corrected chi connectivity index (χ1v) is 9.62. The largest absolute Gasteiger partial charge is 0.454 e. The molecule has 0 atom stereocenters. The average molecular weight is 437 g/mol. The van der Waals surface area contributed by atoms with Crippen LogP contribution < -0.4 is 10.6 Å². The van der Waals surface area contributed by atoms with Crippen LogP contribution in [0.1, 0.15) is 36.7 Å². The zero-order chi connectivity index (χ0) is 21.6. The number of rotatable bonds is 6. The minimum atomic E-state index is -0.739. The second-order valence-corrected chi connectivity index (χ2v) is 8.11. The van der Waals surface area contributed by atoms with Gasteiger partial charge >= 0.3 is 5.97 Å². The Hall–Kier alpha value is -2.57. The molecule has 8 heteroatoms. The van der Waals surface area contributed by atoms with Crippen molar-refractivity contribution in [2.45, 2.75) is 26.2 Å². The van der Waals surface area contributed by atoms with Gasteiger partial charge in [0.1, 0.15) is 6.54 Å². The number of ether oxygens (including phenoxy) is 1. The maximum atomic E-state index is 12.1. The van der Waals surface area contributed by atoms with E-state index in [0.29, 0.717) is 16.3 Å². The van der Waals surface area contributed by atoms with Crippen molar-refractivity contribution in [1.82, 2.24) is 5.32 Å². The molecule has 2 amide bonds. The molecule has 0 spiro atoms. The minimum absolute atomic E-state index is 0.0192. The first kappa shape index (κ1) is 22.7. The van der Waals surface area contributed by atoms with Crippen molar-refractivity contribution in [2.75, 3.05) is 18.5 Å². The van der Waals surface area contributed by atoms with E-state index in [0.717, 1.165) is 5.56 Å². The first-order valence-electron chi connectivity index (χ1n) is 8.86. The summed E-state index contributed by atoms with van der Waals surface area (Å²) in [5.74, 6) is -1.72. The Morgan fingerprint density at radius 2 is 1.66 bits per heavy atom. The molecule has 0 fully saturated rings. The number of nitrogens with one attached hydrogen (secondary N) is 2. The topological polar surface area (TPSA) is 84.5 Å². The van der Waals surface area contributed by atoms with Crippen LogP contribution in [0.4, 0.5) is 5.69 Å². The van der Waals surface area contributed by atoms with E-state index in [1.807, 2.05) is 12.1 Å². The van der Waals surface area contributed by atoms with Gasteiger partial charge in [-0.1, -0.05) is 62.2 Å². The van der Waals surface area contributed by atoms with Gasteiger partial charge in [0.25, 0.3) is 11.8 Å². The number of halogens is 2. The summed E-state index contributed by atoms with van der Waals surface area (Å²) in [6.07, 6.45) is 0. The number of anilines is 1. The predicted octanol–water partition coefficient (Wildman–Crippen LogP) is 4.20. The Morgan fingerprint density at radius 1 is 1.00 bits per heavy atom. The SMILES string of the molecule is CC(C)(C)c1ccc(C(=O)NCC(=O)OCC(=O)Nc2cccc(Cl)c2Cl)cc1. The summed E-state index contributed by atoms with van der Waals surface area (Å²) in [6, 6.07) is 11.9. The Kier molecular flexibility index (Phi) is 7.65. The molecule has 2 aromatic rings. The van der Waals surface area contributed by atoms with Crippen LogP contribution in [0, 0.1) is 0 Å². The third kappa shape index (κ3) is 6.76. The fourth-order valence-corrected chi connectivity index (χ4v) is 2.71. The van der Waals surface area contributed by atoms with Gasteiger partial charge in [0.15, 0.2) is 6.61 Å². The van der Waals surface area contributed by atoms with Crippen LogP contribution in [-0.2, 0) is 19.7 Å². The number of benzene rings is 2. The molecule has 2 N–H and O–H groups in total. The van der Waals surface area contributed by atoms with Crippen LogP contribution in [0.15, 0.2) is 42.5 Å². The molecule has 0 aromatic heterocycles. The maximum absolute atomic E-state index is 12.1. The second-order valence-electron chi connectivity index (χ2n) is 7.32. The highest BCUT2D eigenvalue weighted by Gasteiger charge is 2.15. The standard InChI is InChI=1S/C21H22Cl2N2O4/c1-21(2,3)14-9-7-13(8-10-14)20(28)24-11-18(27)29-12-17(26)25-16-6-4-5-15(22)19(16)23/h4-10H,11-12H2,1-3H3,(H,24,28)(H,25,26). The number of amides is 2. The monoisotopic (exact) mass is 436 g/mol. The molecule has 2 rings (SSSR count). The van der Waals surface area contributed by atoms with Gasteiger partial charge in [-0.3, -0.25) is 14.4 Å². The number of carbonyl (C=O) groups excluding carboxylic acids is 3. The van der Waals surface area contributed by atoms with Crippen LogP contribution in [0.2, 0.25) is 10.0 Å². The van der Waals surface area contributed by atoms with Crippen molar-refractivity contribution in [2.24, 2.45) is 0 Å². The van der Waals surface area contributed by atoms with Crippen LogP contribution in [0.3, 0.4) is 0 Å². The lowest BCUT2D eigenvalue weighted by atomic mass is 9.87. The molecule has 0 heterocycles. The smallest absolute Gasteiger partial charge is 0.325 e. The molecule has 0 aliphatic rings. The Bertz CT molecular complexity index is 906. The molecule has 0 aliphatic heterocycles. The van der Waals surface area contributed by atoms with Crippen LogP contribution in [-0.4, -0.2) is 30.9 Å². The number of hydrogen-bond donors (Lipinski definition) is 2. The lowest BCUT2D eigenvalue weighted by Crippen LogP contribution is -2.32. The van der Waals surface area contributed by atoms with Gasteiger partial charge in [-0.15, -0.1) is 0 Å². The van der Waals surface area contributed by atoms with Crippen molar-refractivity contribution in [1.29, 1.82) is 0 Å². The summed E-state index contributed by atoms with van der Waals surface area (Å²) in [5, 5.41) is 5.44. The number of esters is 1. The van der Waals surface area contributed by atoms with E-state index in [2.05, 4.69) is 31.4 Å². The van der Waals surface area contributed by atoms with E-state index in [-0.39, 0.29) is 17.0 Å². The molecule has 0 unspecified atom stereocenters. The van der Waals surface area contributed by atoms with Gasteiger partial charge in [-0.25, -0.2) is 0 Å². The van der Waals surface area contributed by atoms with Gasteiger partial charge < -0.3 is 15.4 Å². The highest BCUT2D eigenvalue weighted by molar-refractivity contribution is 6.44. The molecule has 0 saturated carbocycles. The number of hydrogen-bond acceptors (Lipinski definition) is 4. The third-order valence-corrected chi connectivity index (χ3v) is 4.82. The van der Waals surface area contributed by atoms with Crippen molar-refractivity contribution in [3.63, 3.8) is 0 Å². The summed E-state index contributed by atoms with van der Waals surface area (Å²) >= 11 is 11.8. The molecular formula is C21H22Cl2N2O4. The van der Waals surface area contributed by atoms with E-state index in [1.54, 1.807) is 30.3 Å². The molecular weight excluding hydrogens is 415 g/mol. The third-order valence-electron chi connectivity index (χ3n) is 4.00. The van der Waals surface area contributed by atoms with E-state index in [9.17, 15) is 14.4 Å². The zero-order valence-corrected chi connectivity index (χ0v) is 17.9. The molecule has 0 saturated heterocycles. The summed E-state index contributed by atoms with van der Waals surface area (Å²) < 4.78 is 4.85. The molecule has 0 radical (unpaired) electrons. The second kappa shape index (κ2) is 9.76. The van der Waals surface area contributed by atoms with Crippen molar-refractivity contribution >= 4 is 46.7 Å². The van der Waals surface area contributed by atoms with Crippen molar-refractivity contribution in [3.05, 3.63) is 63.6 Å². The van der Waals surface area contributed by atoms with Gasteiger partial charge in [0.05, 0.1) is 15.7 Å². The quantitative estimate of drug-likeness (QED) is 0.664. The number of carbonyl (C=O) groups is 3. The van der Waals surface area contributed by atoms with E-state index < -0.39 is 24.4 Å². The van der Waals surface area contributed by atoms with Crippen LogP contribution >= 0.6 is 23.2 Å². The molecule has 0 bridgehead atoms. The zero-order valence-electron chi connectivity index (χ0n) is 16.3. The molecule has 154 valence electrons. The fraction of sp³-hybridized carbons (Fsp3) is 0.286. The average Bonchev–Trinajstić information content (AvgIpc) is 2.67. The van der Waals surface area contributed by atoms with E-state index in [1.165, 1.54) is 0 Å². The molecule has 6 nitrogen and oxygen atoms in total. The Morgan fingerprint density at radius 3 is 2.28 bits per heavy atom. The molecule has 2 aromatic carbocycles. The predicted molar refractivity (Wildman–Crippen MR) is 114 cm³/mol. The van der Waals surface area contributed by atoms with Gasteiger partial charge in [0, 0.05) is 5.56 Å². The van der Waals surface area contributed by atoms with Crippen molar-refractivity contribution < 1.29 is 19.1 Å². The minimum Gasteiger partial charge on any atom is -0.454 e. The van der Waals surface area contributed by atoms with Crippen molar-refractivity contribution in [3.8, 4) is 0 Å². The highest BCUT2D eigenvalue weighted by Crippen LogP contribution is 2.29. The highest BCUT2D eigenvalue weighted by atomic mass is 35.5. The van der Waals surface area contributed by atoms with Gasteiger partial charge in [-0.05, 0) is 35.2 Å². The van der Waals surface area contributed by atoms with Gasteiger partial charge in [0.2, 0.25) is 0 Å². The normalized spacial score (nSPS) is 10.9. The molecule has 0 aliphatic carbocycles. The summed E-state index contributed by atoms with van der Waals surface area (Å²) in [5.41, 5.74) is 1.82. The van der Waals surface area contributed by atoms with E-state index in [4.69, 9.17) is 27.9 Å². The summed E-state index contributed by atoms with van der Waals surface area (Å²) in [6.45, 7) is 5.36.